The number of morpholine rings is 1. The zero-order valence-corrected chi connectivity index (χ0v) is 10.2. The van der Waals surface area contributed by atoms with E-state index in [-0.39, 0.29) is 5.56 Å². The van der Waals surface area contributed by atoms with Gasteiger partial charge >= 0.3 is 0 Å². The fourth-order valence-electron chi connectivity index (χ4n) is 2.35. The Balaban J connectivity index is 1.88. The SMILES string of the molecule is O=c1[nH]ccc2ccc(CN3CCOCC3)cc12. The van der Waals surface area contributed by atoms with Gasteiger partial charge in [0.1, 0.15) is 0 Å². The van der Waals surface area contributed by atoms with Gasteiger partial charge in [-0.15, -0.1) is 0 Å². The number of hydrogen-bond acceptors (Lipinski definition) is 3. The lowest BCUT2D eigenvalue weighted by atomic mass is 10.1. The van der Waals surface area contributed by atoms with Gasteiger partial charge in [-0.05, 0) is 23.1 Å². The van der Waals surface area contributed by atoms with E-state index in [0.717, 1.165) is 43.6 Å². The first-order valence-electron chi connectivity index (χ1n) is 6.23. The molecular formula is C14H16N2O2. The van der Waals surface area contributed by atoms with E-state index in [1.165, 1.54) is 5.56 Å². The third kappa shape index (κ3) is 2.30. The predicted molar refractivity (Wildman–Crippen MR) is 70.7 cm³/mol. The maximum atomic E-state index is 11.7. The zero-order valence-electron chi connectivity index (χ0n) is 10.2. The Hall–Kier alpha value is -1.65. The van der Waals surface area contributed by atoms with Crippen LogP contribution in [0.5, 0.6) is 0 Å². The molecule has 2 aromatic rings. The summed E-state index contributed by atoms with van der Waals surface area (Å²) in [5, 5.41) is 1.76. The number of ether oxygens (including phenoxy) is 1. The monoisotopic (exact) mass is 244 g/mol. The number of nitrogens with zero attached hydrogens (tertiary/aromatic N) is 1. The largest absolute Gasteiger partial charge is 0.379 e. The van der Waals surface area contributed by atoms with E-state index in [0.29, 0.717) is 0 Å². The van der Waals surface area contributed by atoms with Gasteiger partial charge in [0.25, 0.3) is 5.56 Å². The summed E-state index contributed by atoms with van der Waals surface area (Å²) in [6, 6.07) is 8.02. The summed E-state index contributed by atoms with van der Waals surface area (Å²) in [4.78, 5) is 16.8. The van der Waals surface area contributed by atoms with Crippen LogP contribution in [0.1, 0.15) is 5.56 Å². The highest BCUT2D eigenvalue weighted by Crippen LogP contribution is 2.14. The van der Waals surface area contributed by atoms with Crippen LogP contribution in [-0.4, -0.2) is 36.2 Å². The normalized spacial score (nSPS) is 17.1. The van der Waals surface area contributed by atoms with Crippen LogP contribution in [0, 0.1) is 0 Å². The van der Waals surface area contributed by atoms with Crippen molar-refractivity contribution in [3.05, 3.63) is 46.4 Å². The van der Waals surface area contributed by atoms with Crippen LogP contribution in [-0.2, 0) is 11.3 Å². The van der Waals surface area contributed by atoms with Crippen LogP contribution in [0.4, 0.5) is 0 Å². The Morgan fingerprint density at radius 1 is 1.22 bits per heavy atom. The van der Waals surface area contributed by atoms with Crippen LogP contribution in [0.25, 0.3) is 10.8 Å². The van der Waals surface area contributed by atoms with Crippen molar-refractivity contribution < 1.29 is 4.74 Å². The summed E-state index contributed by atoms with van der Waals surface area (Å²) >= 11 is 0. The summed E-state index contributed by atoms with van der Waals surface area (Å²) in [5.74, 6) is 0. The highest BCUT2D eigenvalue weighted by Gasteiger charge is 2.11. The Kier molecular flexibility index (Phi) is 3.13. The molecule has 0 saturated carbocycles. The first kappa shape index (κ1) is 11.4. The highest BCUT2D eigenvalue weighted by molar-refractivity contribution is 5.81. The first-order valence-corrected chi connectivity index (χ1v) is 6.23. The summed E-state index contributed by atoms with van der Waals surface area (Å²) in [6.45, 7) is 4.41. The van der Waals surface area contributed by atoms with Crippen LogP contribution in [0.3, 0.4) is 0 Å². The van der Waals surface area contributed by atoms with Crippen molar-refractivity contribution >= 4 is 10.8 Å². The highest BCUT2D eigenvalue weighted by atomic mass is 16.5. The molecule has 1 N–H and O–H groups in total. The molecule has 1 fully saturated rings. The molecule has 0 unspecified atom stereocenters. The van der Waals surface area contributed by atoms with Gasteiger partial charge in [0.05, 0.1) is 13.2 Å². The third-order valence-electron chi connectivity index (χ3n) is 3.35. The van der Waals surface area contributed by atoms with E-state index >= 15 is 0 Å². The lowest BCUT2D eigenvalue weighted by Crippen LogP contribution is -2.35. The predicted octanol–water partition coefficient (Wildman–Crippen LogP) is 1.36. The molecule has 0 spiro atoms. The molecule has 0 radical (unpaired) electrons. The van der Waals surface area contributed by atoms with Crippen LogP contribution in [0.2, 0.25) is 0 Å². The first-order chi connectivity index (χ1) is 8.83. The summed E-state index contributed by atoms with van der Waals surface area (Å²) < 4.78 is 5.33. The lowest BCUT2D eigenvalue weighted by molar-refractivity contribution is 0.0342. The quantitative estimate of drug-likeness (QED) is 0.867. The summed E-state index contributed by atoms with van der Waals surface area (Å²) in [7, 11) is 0. The molecule has 1 saturated heterocycles. The standard InChI is InChI=1S/C14H16N2O2/c17-14-13-9-11(1-2-12(13)3-4-15-14)10-16-5-7-18-8-6-16/h1-4,9H,5-8,10H2,(H,15,17). The average molecular weight is 244 g/mol. The Morgan fingerprint density at radius 2 is 2.06 bits per heavy atom. The molecule has 3 rings (SSSR count). The molecule has 2 heterocycles. The number of aromatic amines is 1. The van der Waals surface area contributed by atoms with Crippen molar-refractivity contribution in [2.45, 2.75) is 6.54 Å². The number of nitrogens with one attached hydrogen (secondary N) is 1. The molecule has 94 valence electrons. The topological polar surface area (TPSA) is 45.3 Å². The van der Waals surface area contributed by atoms with Gasteiger partial charge in [0.2, 0.25) is 0 Å². The maximum absolute atomic E-state index is 11.7. The third-order valence-corrected chi connectivity index (χ3v) is 3.35. The van der Waals surface area contributed by atoms with Crippen molar-refractivity contribution in [3.8, 4) is 0 Å². The molecule has 0 atom stereocenters. The second-order valence-electron chi connectivity index (χ2n) is 4.62. The Bertz CT molecular complexity index is 600. The lowest BCUT2D eigenvalue weighted by Gasteiger charge is -2.26. The molecule has 4 heteroatoms. The second kappa shape index (κ2) is 4.92. The fraction of sp³-hybridized carbons (Fsp3) is 0.357. The van der Waals surface area contributed by atoms with Crippen molar-refractivity contribution in [2.75, 3.05) is 26.3 Å². The minimum absolute atomic E-state index is 0.0173. The van der Waals surface area contributed by atoms with Crippen LogP contribution < -0.4 is 5.56 Å². The van der Waals surface area contributed by atoms with E-state index in [4.69, 9.17) is 4.74 Å². The van der Waals surface area contributed by atoms with Crippen molar-refractivity contribution in [2.24, 2.45) is 0 Å². The molecule has 0 bridgehead atoms. The molecule has 1 aliphatic heterocycles. The van der Waals surface area contributed by atoms with Gasteiger partial charge in [0, 0.05) is 31.2 Å². The second-order valence-corrected chi connectivity index (χ2v) is 4.62. The molecule has 4 nitrogen and oxygen atoms in total. The van der Waals surface area contributed by atoms with Crippen molar-refractivity contribution in [1.82, 2.24) is 9.88 Å². The molecular weight excluding hydrogens is 228 g/mol. The van der Waals surface area contributed by atoms with Gasteiger partial charge in [-0.1, -0.05) is 12.1 Å². The summed E-state index contributed by atoms with van der Waals surface area (Å²) in [5.41, 5.74) is 1.16. The van der Waals surface area contributed by atoms with Crippen molar-refractivity contribution in [1.29, 1.82) is 0 Å². The minimum atomic E-state index is -0.0173. The molecule has 0 aliphatic carbocycles. The minimum Gasteiger partial charge on any atom is -0.379 e. The van der Waals surface area contributed by atoms with E-state index in [9.17, 15) is 4.79 Å². The average Bonchev–Trinajstić information content (AvgIpc) is 2.41. The fourth-order valence-corrected chi connectivity index (χ4v) is 2.35. The van der Waals surface area contributed by atoms with Gasteiger partial charge in [-0.2, -0.15) is 0 Å². The van der Waals surface area contributed by atoms with E-state index in [1.807, 2.05) is 18.2 Å². The van der Waals surface area contributed by atoms with Crippen LogP contribution >= 0.6 is 0 Å². The molecule has 18 heavy (non-hydrogen) atoms. The molecule has 1 aromatic carbocycles. The summed E-state index contributed by atoms with van der Waals surface area (Å²) in [6.07, 6.45) is 1.69. The molecule has 0 amide bonds. The van der Waals surface area contributed by atoms with Gasteiger partial charge in [0.15, 0.2) is 0 Å². The number of fused-ring (bicyclic) bond motifs is 1. The number of H-pyrrole nitrogens is 1. The number of hydrogen-bond donors (Lipinski definition) is 1. The van der Waals surface area contributed by atoms with Gasteiger partial charge in [-0.25, -0.2) is 0 Å². The Labute approximate surface area is 105 Å². The number of aromatic nitrogens is 1. The smallest absolute Gasteiger partial charge is 0.255 e. The Morgan fingerprint density at radius 3 is 2.89 bits per heavy atom. The zero-order chi connectivity index (χ0) is 12.4. The number of benzene rings is 1. The van der Waals surface area contributed by atoms with Gasteiger partial charge in [-0.3, -0.25) is 9.69 Å². The van der Waals surface area contributed by atoms with E-state index < -0.39 is 0 Å². The molecule has 1 aliphatic rings. The van der Waals surface area contributed by atoms with Crippen molar-refractivity contribution in [3.63, 3.8) is 0 Å². The van der Waals surface area contributed by atoms with E-state index in [1.54, 1.807) is 6.20 Å². The molecule has 1 aromatic heterocycles. The maximum Gasteiger partial charge on any atom is 0.255 e. The number of rotatable bonds is 2. The number of pyridine rings is 1. The van der Waals surface area contributed by atoms with E-state index in [2.05, 4.69) is 16.0 Å². The van der Waals surface area contributed by atoms with Gasteiger partial charge < -0.3 is 9.72 Å². The van der Waals surface area contributed by atoms with Crippen LogP contribution in [0.15, 0.2) is 35.3 Å².